The average Bonchev–Trinajstić information content (AvgIpc) is 2.18. The van der Waals surface area contributed by atoms with E-state index in [4.69, 9.17) is 5.73 Å². The van der Waals surface area contributed by atoms with Crippen LogP contribution in [-0.4, -0.2) is 10.6 Å². The van der Waals surface area contributed by atoms with Gasteiger partial charge in [0.15, 0.2) is 0 Å². The van der Waals surface area contributed by atoms with Gasteiger partial charge in [0.2, 0.25) is 0 Å². The highest BCUT2D eigenvalue weighted by Gasteiger charge is 1.99. The lowest BCUT2D eigenvalue weighted by Crippen LogP contribution is -2.21. The Morgan fingerprint density at radius 3 is 2.87 bits per heavy atom. The van der Waals surface area contributed by atoms with Crippen LogP contribution in [0.3, 0.4) is 0 Å². The van der Waals surface area contributed by atoms with Crippen molar-refractivity contribution in [3.63, 3.8) is 0 Å². The van der Waals surface area contributed by atoms with E-state index in [1.54, 1.807) is 4.57 Å². The molecule has 0 saturated carbocycles. The number of rotatable bonds is 5. The SMILES string of the molecule is Cc1cccn(CCCCC(C)N)c1=O. The molecule has 1 aromatic heterocycles. The predicted molar refractivity (Wildman–Crippen MR) is 62.9 cm³/mol. The first-order valence-electron chi connectivity index (χ1n) is 5.53. The summed E-state index contributed by atoms with van der Waals surface area (Å²) in [6.45, 7) is 4.66. The lowest BCUT2D eigenvalue weighted by molar-refractivity contribution is 0.540. The topological polar surface area (TPSA) is 48.0 Å². The van der Waals surface area contributed by atoms with Gasteiger partial charge >= 0.3 is 0 Å². The molecule has 3 nitrogen and oxygen atoms in total. The third-order valence-corrected chi connectivity index (χ3v) is 2.52. The minimum Gasteiger partial charge on any atom is -0.328 e. The van der Waals surface area contributed by atoms with Crippen molar-refractivity contribution in [1.29, 1.82) is 0 Å². The van der Waals surface area contributed by atoms with Crippen LogP contribution >= 0.6 is 0 Å². The highest BCUT2D eigenvalue weighted by atomic mass is 16.1. The van der Waals surface area contributed by atoms with Crippen LogP contribution in [0.1, 0.15) is 31.7 Å². The Labute approximate surface area is 90.9 Å². The molecule has 84 valence electrons. The van der Waals surface area contributed by atoms with E-state index in [0.29, 0.717) is 0 Å². The molecule has 1 atom stereocenters. The van der Waals surface area contributed by atoms with Crippen molar-refractivity contribution < 1.29 is 0 Å². The van der Waals surface area contributed by atoms with Crippen molar-refractivity contribution in [3.8, 4) is 0 Å². The molecule has 0 aromatic carbocycles. The van der Waals surface area contributed by atoms with Crippen molar-refractivity contribution in [2.24, 2.45) is 5.73 Å². The monoisotopic (exact) mass is 208 g/mol. The zero-order valence-corrected chi connectivity index (χ0v) is 9.57. The Morgan fingerprint density at radius 2 is 2.20 bits per heavy atom. The summed E-state index contributed by atoms with van der Waals surface area (Å²) in [5.41, 5.74) is 6.59. The fraction of sp³-hybridized carbons (Fsp3) is 0.583. The van der Waals surface area contributed by atoms with Crippen LogP contribution in [0.15, 0.2) is 23.1 Å². The van der Waals surface area contributed by atoms with Gasteiger partial charge in [-0.2, -0.15) is 0 Å². The summed E-state index contributed by atoms with van der Waals surface area (Å²) in [6.07, 6.45) is 4.98. The van der Waals surface area contributed by atoms with E-state index in [2.05, 4.69) is 0 Å². The molecule has 1 aromatic rings. The summed E-state index contributed by atoms with van der Waals surface area (Å²) in [5, 5.41) is 0. The molecule has 1 rings (SSSR count). The number of aromatic nitrogens is 1. The summed E-state index contributed by atoms with van der Waals surface area (Å²) < 4.78 is 1.77. The molecule has 0 aliphatic heterocycles. The maximum absolute atomic E-state index is 11.6. The Kier molecular flexibility index (Phi) is 4.56. The minimum absolute atomic E-state index is 0.123. The molecule has 15 heavy (non-hydrogen) atoms. The third kappa shape index (κ3) is 3.88. The number of nitrogens with zero attached hydrogens (tertiary/aromatic N) is 1. The summed E-state index contributed by atoms with van der Waals surface area (Å²) in [4.78, 5) is 11.6. The largest absolute Gasteiger partial charge is 0.328 e. The average molecular weight is 208 g/mol. The van der Waals surface area contributed by atoms with Crippen LogP contribution in [0.25, 0.3) is 0 Å². The number of unbranched alkanes of at least 4 members (excludes halogenated alkanes) is 1. The quantitative estimate of drug-likeness (QED) is 0.748. The van der Waals surface area contributed by atoms with E-state index in [9.17, 15) is 4.79 Å². The summed E-state index contributed by atoms with van der Waals surface area (Å²) in [6, 6.07) is 4.03. The van der Waals surface area contributed by atoms with Gasteiger partial charge in [-0.15, -0.1) is 0 Å². The fourth-order valence-corrected chi connectivity index (χ4v) is 1.58. The second kappa shape index (κ2) is 5.71. The van der Waals surface area contributed by atoms with Crippen molar-refractivity contribution in [2.75, 3.05) is 0 Å². The molecule has 0 spiro atoms. The summed E-state index contributed by atoms with van der Waals surface area (Å²) in [7, 11) is 0. The van der Waals surface area contributed by atoms with Gasteiger partial charge in [0.1, 0.15) is 0 Å². The highest BCUT2D eigenvalue weighted by Crippen LogP contribution is 2.00. The maximum Gasteiger partial charge on any atom is 0.253 e. The number of pyridine rings is 1. The van der Waals surface area contributed by atoms with Gasteiger partial charge in [0.25, 0.3) is 5.56 Å². The maximum atomic E-state index is 11.6. The van der Waals surface area contributed by atoms with Crippen LogP contribution in [0, 0.1) is 6.92 Å². The van der Waals surface area contributed by atoms with Crippen LogP contribution in [0.4, 0.5) is 0 Å². The van der Waals surface area contributed by atoms with E-state index >= 15 is 0 Å². The Balaban J connectivity index is 2.44. The van der Waals surface area contributed by atoms with E-state index in [1.165, 1.54) is 0 Å². The van der Waals surface area contributed by atoms with Gasteiger partial charge < -0.3 is 10.3 Å². The molecule has 3 heteroatoms. The van der Waals surface area contributed by atoms with Gasteiger partial charge in [-0.3, -0.25) is 4.79 Å². The van der Waals surface area contributed by atoms with Crippen LogP contribution in [-0.2, 0) is 6.54 Å². The first-order chi connectivity index (χ1) is 7.11. The predicted octanol–water partition coefficient (Wildman–Crippen LogP) is 1.67. The first-order valence-corrected chi connectivity index (χ1v) is 5.53. The van der Waals surface area contributed by atoms with Crippen molar-refractivity contribution >= 4 is 0 Å². The van der Waals surface area contributed by atoms with Crippen molar-refractivity contribution in [3.05, 3.63) is 34.2 Å². The Morgan fingerprint density at radius 1 is 1.47 bits per heavy atom. The number of hydrogen-bond acceptors (Lipinski definition) is 2. The molecule has 2 N–H and O–H groups in total. The Bertz CT molecular complexity index is 355. The van der Waals surface area contributed by atoms with E-state index in [-0.39, 0.29) is 11.6 Å². The van der Waals surface area contributed by atoms with E-state index < -0.39 is 0 Å². The lowest BCUT2D eigenvalue weighted by Gasteiger charge is -2.07. The molecule has 0 radical (unpaired) electrons. The van der Waals surface area contributed by atoms with Crippen molar-refractivity contribution in [1.82, 2.24) is 4.57 Å². The fourth-order valence-electron chi connectivity index (χ4n) is 1.58. The molecule has 0 aliphatic rings. The van der Waals surface area contributed by atoms with Gasteiger partial charge in [-0.05, 0) is 32.8 Å². The van der Waals surface area contributed by atoms with Crippen molar-refractivity contribution in [2.45, 2.75) is 45.7 Å². The zero-order chi connectivity index (χ0) is 11.3. The molecule has 1 unspecified atom stereocenters. The van der Waals surface area contributed by atoms with Gasteiger partial charge in [0, 0.05) is 24.3 Å². The van der Waals surface area contributed by atoms with Crippen LogP contribution < -0.4 is 11.3 Å². The second-order valence-electron chi connectivity index (χ2n) is 4.16. The number of nitrogens with two attached hydrogens (primary N) is 1. The zero-order valence-electron chi connectivity index (χ0n) is 9.57. The molecule has 0 amide bonds. The summed E-state index contributed by atoms with van der Waals surface area (Å²) >= 11 is 0. The third-order valence-electron chi connectivity index (χ3n) is 2.52. The molecule has 1 heterocycles. The smallest absolute Gasteiger partial charge is 0.253 e. The van der Waals surface area contributed by atoms with Crippen LogP contribution in [0.2, 0.25) is 0 Å². The molecule has 0 bridgehead atoms. The minimum atomic E-state index is 0.123. The number of aryl methyl sites for hydroxylation is 2. The van der Waals surface area contributed by atoms with E-state index in [1.807, 2.05) is 32.2 Å². The number of hydrogen-bond donors (Lipinski definition) is 1. The van der Waals surface area contributed by atoms with Gasteiger partial charge in [0.05, 0.1) is 0 Å². The molecular formula is C12H20N2O. The Hall–Kier alpha value is -1.09. The summed E-state index contributed by atoms with van der Waals surface area (Å²) in [5.74, 6) is 0. The van der Waals surface area contributed by atoms with E-state index in [0.717, 1.165) is 31.4 Å². The second-order valence-corrected chi connectivity index (χ2v) is 4.16. The molecule has 0 saturated heterocycles. The lowest BCUT2D eigenvalue weighted by atomic mass is 10.1. The van der Waals surface area contributed by atoms with Gasteiger partial charge in [-0.1, -0.05) is 12.5 Å². The molecule has 0 aliphatic carbocycles. The standard InChI is InChI=1S/C12H20N2O/c1-10-6-5-9-14(12(10)15)8-4-3-7-11(2)13/h5-6,9,11H,3-4,7-8,13H2,1-2H3. The highest BCUT2D eigenvalue weighted by molar-refractivity contribution is 5.07. The van der Waals surface area contributed by atoms with Crippen LogP contribution in [0.5, 0.6) is 0 Å². The van der Waals surface area contributed by atoms with Gasteiger partial charge in [-0.25, -0.2) is 0 Å². The molecular weight excluding hydrogens is 188 g/mol. The normalized spacial score (nSPS) is 12.7. The molecule has 0 fully saturated rings. The first kappa shape index (κ1) is 12.0.